The molecular formula is C16H17N3O3S. The molecule has 0 spiro atoms. The predicted octanol–water partition coefficient (Wildman–Crippen LogP) is 2.43. The first kappa shape index (κ1) is 16.7. The van der Waals surface area contributed by atoms with E-state index in [0.717, 1.165) is 11.1 Å². The molecule has 0 aliphatic heterocycles. The number of rotatable bonds is 4. The number of hydrogen-bond donors (Lipinski definition) is 3. The lowest BCUT2D eigenvalue weighted by atomic mass is 10.1. The van der Waals surface area contributed by atoms with Crippen molar-refractivity contribution in [3.8, 4) is 0 Å². The fourth-order valence-electron chi connectivity index (χ4n) is 1.88. The van der Waals surface area contributed by atoms with Gasteiger partial charge < -0.3 is 10.6 Å². The smallest absolute Gasteiger partial charge is 0.314 e. The average Bonchev–Trinajstić information content (AvgIpc) is 2.49. The number of carbonyl (C=O) groups excluding carboxylic acids is 1. The van der Waals surface area contributed by atoms with Crippen LogP contribution in [-0.2, 0) is 10.0 Å². The molecule has 120 valence electrons. The molecule has 0 saturated carbocycles. The molecule has 0 fully saturated rings. The summed E-state index contributed by atoms with van der Waals surface area (Å²) in [6.07, 6.45) is 3.33. The third-order valence-electron chi connectivity index (χ3n) is 3.11. The minimum absolute atomic E-state index is 0.0112. The van der Waals surface area contributed by atoms with Crippen LogP contribution in [0, 0.1) is 6.92 Å². The van der Waals surface area contributed by atoms with Crippen molar-refractivity contribution in [1.29, 1.82) is 0 Å². The van der Waals surface area contributed by atoms with Crippen LogP contribution in [-0.4, -0.2) is 14.4 Å². The standard InChI is InChI=1S/C16H17N3O3S/c1-12-4-2-3-5-13(12)10-11-18-16(20)19-14-6-8-15(9-7-14)23(17,21)22/h2-11H,1H3,(H2,17,21,22)(H2,18,19,20)/b11-10+. The van der Waals surface area contributed by atoms with Gasteiger partial charge in [0.1, 0.15) is 0 Å². The second-order valence-electron chi connectivity index (χ2n) is 4.86. The zero-order valence-electron chi connectivity index (χ0n) is 12.5. The maximum absolute atomic E-state index is 11.8. The summed E-state index contributed by atoms with van der Waals surface area (Å²) in [6.45, 7) is 1.98. The molecular weight excluding hydrogens is 314 g/mol. The summed E-state index contributed by atoms with van der Waals surface area (Å²) in [7, 11) is -3.74. The molecule has 2 rings (SSSR count). The van der Waals surface area contributed by atoms with Crippen molar-refractivity contribution in [2.45, 2.75) is 11.8 Å². The van der Waals surface area contributed by atoms with Gasteiger partial charge in [0.25, 0.3) is 0 Å². The number of nitrogens with one attached hydrogen (secondary N) is 2. The maximum atomic E-state index is 11.8. The molecule has 2 aromatic rings. The second kappa shape index (κ2) is 7.08. The van der Waals surface area contributed by atoms with E-state index in [4.69, 9.17) is 5.14 Å². The van der Waals surface area contributed by atoms with Gasteiger partial charge in [-0.3, -0.25) is 0 Å². The SMILES string of the molecule is Cc1ccccc1/C=C/NC(=O)Nc1ccc(S(N)(=O)=O)cc1. The lowest BCUT2D eigenvalue weighted by molar-refractivity contribution is 0.255. The number of hydrogen-bond acceptors (Lipinski definition) is 3. The third-order valence-corrected chi connectivity index (χ3v) is 4.04. The molecule has 0 heterocycles. The average molecular weight is 331 g/mol. The Morgan fingerprint density at radius 1 is 1.09 bits per heavy atom. The van der Waals surface area contributed by atoms with Crippen LogP contribution in [0.1, 0.15) is 11.1 Å². The molecule has 2 amide bonds. The summed E-state index contributed by atoms with van der Waals surface area (Å²) in [5, 5.41) is 10.2. The molecule has 0 aliphatic rings. The van der Waals surface area contributed by atoms with Gasteiger partial charge in [0.2, 0.25) is 10.0 Å². The molecule has 2 aromatic carbocycles. The number of anilines is 1. The molecule has 0 bridgehead atoms. The van der Waals surface area contributed by atoms with Crippen molar-refractivity contribution in [3.63, 3.8) is 0 Å². The van der Waals surface area contributed by atoms with Gasteiger partial charge in [-0.2, -0.15) is 0 Å². The second-order valence-corrected chi connectivity index (χ2v) is 6.42. The number of amides is 2. The zero-order valence-corrected chi connectivity index (χ0v) is 13.3. The van der Waals surface area contributed by atoms with Crippen LogP contribution < -0.4 is 15.8 Å². The third kappa shape index (κ3) is 4.94. The van der Waals surface area contributed by atoms with Crippen molar-refractivity contribution in [2.24, 2.45) is 5.14 Å². The van der Waals surface area contributed by atoms with E-state index in [9.17, 15) is 13.2 Å². The molecule has 23 heavy (non-hydrogen) atoms. The largest absolute Gasteiger partial charge is 0.323 e. The molecule has 6 nitrogen and oxygen atoms in total. The lowest BCUT2D eigenvalue weighted by Gasteiger charge is -2.05. The van der Waals surface area contributed by atoms with E-state index in [1.165, 1.54) is 30.5 Å². The summed E-state index contributed by atoms with van der Waals surface area (Å²) >= 11 is 0. The van der Waals surface area contributed by atoms with E-state index in [2.05, 4.69) is 10.6 Å². The van der Waals surface area contributed by atoms with Crippen LogP contribution >= 0.6 is 0 Å². The van der Waals surface area contributed by atoms with Gasteiger partial charge in [0.15, 0.2) is 0 Å². The van der Waals surface area contributed by atoms with Crippen molar-refractivity contribution in [2.75, 3.05) is 5.32 Å². The Hall–Kier alpha value is -2.64. The van der Waals surface area contributed by atoms with Crippen LogP contribution in [0.4, 0.5) is 10.5 Å². The number of urea groups is 1. The van der Waals surface area contributed by atoms with Gasteiger partial charge in [-0.1, -0.05) is 24.3 Å². The number of aryl methyl sites for hydroxylation is 1. The monoisotopic (exact) mass is 331 g/mol. The lowest BCUT2D eigenvalue weighted by Crippen LogP contribution is -2.23. The Morgan fingerprint density at radius 2 is 1.74 bits per heavy atom. The van der Waals surface area contributed by atoms with E-state index in [1.807, 2.05) is 31.2 Å². The van der Waals surface area contributed by atoms with E-state index in [0.29, 0.717) is 5.69 Å². The number of sulfonamides is 1. The van der Waals surface area contributed by atoms with Crippen LogP contribution in [0.3, 0.4) is 0 Å². The highest BCUT2D eigenvalue weighted by molar-refractivity contribution is 7.89. The van der Waals surface area contributed by atoms with Gasteiger partial charge in [0.05, 0.1) is 4.90 Å². The topological polar surface area (TPSA) is 101 Å². The summed E-state index contributed by atoms with van der Waals surface area (Å²) in [4.78, 5) is 11.7. The van der Waals surface area contributed by atoms with Crippen molar-refractivity contribution >= 4 is 27.8 Å². The molecule has 0 unspecified atom stereocenters. The van der Waals surface area contributed by atoms with Crippen LogP contribution in [0.15, 0.2) is 59.6 Å². The quantitative estimate of drug-likeness (QED) is 0.802. The normalized spacial score (nSPS) is 11.4. The van der Waals surface area contributed by atoms with Gasteiger partial charge in [-0.15, -0.1) is 0 Å². The minimum Gasteiger partial charge on any atom is -0.314 e. The highest BCUT2D eigenvalue weighted by Gasteiger charge is 2.07. The molecule has 4 N–H and O–H groups in total. The van der Waals surface area contributed by atoms with Crippen LogP contribution in [0.25, 0.3) is 6.08 Å². The van der Waals surface area contributed by atoms with Gasteiger partial charge in [-0.05, 0) is 48.4 Å². The van der Waals surface area contributed by atoms with Gasteiger partial charge in [-0.25, -0.2) is 18.4 Å². The number of carbonyl (C=O) groups is 1. The fourth-order valence-corrected chi connectivity index (χ4v) is 2.39. The zero-order chi connectivity index (χ0) is 16.9. The summed E-state index contributed by atoms with van der Waals surface area (Å²) in [6, 6.07) is 12.9. The maximum Gasteiger partial charge on any atom is 0.323 e. The Kier molecular flexibility index (Phi) is 5.15. The number of benzene rings is 2. The highest BCUT2D eigenvalue weighted by Crippen LogP contribution is 2.12. The predicted molar refractivity (Wildman–Crippen MR) is 90.2 cm³/mol. The molecule has 7 heteroatoms. The van der Waals surface area contributed by atoms with Gasteiger partial charge >= 0.3 is 6.03 Å². The minimum atomic E-state index is -3.74. The Balaban J connectivity index is 1.94. The Morgan fingerprint density at radius 3 is 2.35 bits per heavy atom. The summed E-state index contributed by atoms with van der Waals surface area (Å²) in [5.41, 5.74) is 2.56. The Labute approximate surface area is 135 Å². The van der Waals surface area contributed by atoms with E-state index >= 15 is 0 Å². The Bertz CT molecular complexity index is 828. The van der Waals surface area contributed by atoms with Crippen molar-refractivity contribution < 1.29 is 13.2 Å². The van der Waals surface area contributed by atoms with E-state index < -0.39 is 16.1 Å². The molecule has 0 saturated heterocycles. The number of primary sulfonamides is 1. The van der Waals surface area contributed by atoms with Crippen molar-refractivity contribution in [3.05, 3.63) is 65.9 Å². The van der Waals surface area contributed by atoms with E-state index in [-0.39, 0.29) is 4.90 Å². The first-order chi connectivity index (χ1) is 10.9. The first-order valence-corrected chi connectivity index (χ1v) is 8.33. The molecule has 0 radical (unpaired) electrons. The molecule has 0 atom stereocenters. The first-order valence-electron chi connectivity index (χ1n) is 6.79. The van der Waals surface area contributed by atoms with Crippen molar-refractivity contribution in [1.82, 2.24) is 5.32 Å². The highest BCUT2D eigenvalue weighted by atomic mass is 32.2. The van der Waals surface area contributed by atoms with E-state index in [1.54, 1.807) is 6.08 Å². The fraction of sp³-hybridized carbons (Fsp3) is 0.0625. The van der Waals surface area contributed by atoms with Crippen LogP contribution in [0.5, 0.6) is 0 Å². The van der Waals surface area contributed by atoms with Crippen LogP contribution in [0.2, 0.25) is 0 Å². The molecule has 0 aliphatic carbocycles. The van der Waals surface area contributed by atoms with Gasteiger partial charge in [0, 0.05) is 11.9 Å². The number of nitrogens with two attached hydrogens (primary N) is 1. The summed E-state index contributed by atoms with van der Waals surface area (Å²) in [5.74, 6) is 0. The molecule has 0 aromatic heterocycles. The summed E-state index contributed by atoms with van der Waals surface area (Å²) < 4.78 is 22.3.